The van der Waals surface area contributed by atoms with Crippen LogP contribution >= 0.6 is 24.8 Å². The SMILES string of the molecule is CN1CCN=C1C(C)(C)N=NC(C)(C)C1=NCCN1C.Cl.Cl. The van der Waals surface area contributed by atoms with Gasteiger partial charge in [0, 0.05) is 27.2 Å². The minimum Gasteiger partial charge on any atom is -0.359 e. The van der Waals surface area contributed by atoms with Gasteiger partial charge in [0.25, 0.3) is 0 Å². The molecule has 0 aliphatic carbocycles. The van der Waals surface area contributed by atoms with Crippen LogP contribution in [0.4, 0.5) is 0 Å². The van der Waals surface area contributed by atoms with Crippen LogP contribution in [0.5, 0.6) is 0 Å². The Kier molecular flexibility index (Phi) is 7.29. The number of amidine groups is 2. The van der Waals surface area contributed by atoms with Crippen molar-refractivity contribution in [2.45, 2.75) is 38.8 Å². The first-order chi connectivity index (χ1) is 9.24. The van der Waals surface area contributed by atoms with Crippen LogP contribution in [-0.4, -0.2) is 72.8 Å². The van der Waals surface area contributed by atoms with E-state index in [4.69, 9.17) is 0 Å². The minimum atomic E-state index is -0.389. The van der Waals surface area contributed by atoms with Gasteiger partial charge in [-0.2, -0.15) is 10.2 Å². The lowest BCUT2D eigenvalue weighted by Gasteiger charge is -2.29. The predicted molar refractivity (Wildman–Crippen MR) is 97.4 cm³/mol. The lowest BCUT2D eigenvalue weighted by molar-refractivity contribution is 0.464. The van der Waals surface area contributed by atoms with E-state index in [1.165, 1.54) is 0 Å². The van der Waals surface area contributed by atoms with Gasteiger partial charge in [0.2, 0.25) is 0 Å². The zero-order valence-electron chi connectivity index (χ0n) is 14.3. The van der Waals surface area contributed by atoms with E-state index < -0.39 is 0 Å². The monoisotopic (exact) mass is 350 g/mol. The van der Waals surface area contributed by atoms with Crippen LogP contribution in [0.15, 0.2) is 20.2 Å². The zero-order valence-corrected chi connectivity index (χ0v) is 16.0. The summed E-state index contributed by atoms with van der Waals surface area (Å²) in [4.78, 5) is 13.4. The van der Waals surface area contributed by atoms with Crippen LogP contribution in [-0.2, 0) is 0 Å². The number of likely N-dealkylation sites (N-methyl/N-ethyl adjacent to an activating group) is 2. The quantitative estimate of drug-likeness (QED) is 0.731. The molecule has 0 amide bonds. The summed E-state index contributed by atoms with van der Waals surface area (Å²) in [5.74, 6) is 2.03. The molecule has 0 N–H and O–H groups in total. The number of nitrogens with zero attached hydrogens (tertiary/aromatic N) is 6. The molecule has 0 saturated heterocycles. The number of hydrogen-bond donors (Lipinski definition) is 0. The molecule has 6 nitrogen and oxygen atoms in total. The van der Waals surface area contributed by atoms with Gasteiger partial charge in [-0.05, 0) is 27.7 Å². The number of azo groups is 1. The van der Waals surface area contributed by atoms with E-state index in [1.54, 1.807) is 0 Å². The van der Waals surface area contributed by atoms with Gasteiger partial charge >= 0.3 is 0 Å². The second kappa shape index (κ2) is 7.59. The van der Waals surface area contributed by atoms with Crippen LogP contribution in [0, 0.1) is 0 Å². The van der Waals surface area contributed by atoms with Crippen LogP contribution in [0.3, 0.4) is 0 Å². The van der Waals surface area contributed by atoms with Gasteiger partial charge in [0.1, 0.15) is 22.7 Å². The largest absolute Gasteiger partial charge is 0.359 e. The van der Waals surface area contributed by atoms with Crippen molar-refractivity contribution in [3.63, 3.8) is 0 Å². The summed E-state index contributed by atoms with van der Waals surface area (Å²) in [5.41, 5.74) is -0.777. The summed E-state index contributed by atoms with van der Waals surface area (Å²) in [6.07, 6.45) is 0. The van der Waals surface area contributed by atoms with E-state index in [-0.39, 0.29) is 35.9 Å². The van der Waals surface area contributed by atoms with Crippen molar-refractivity contribution in [3.8, 4) is 0 Å². The maximum absolute atomic E-state index is 4.58. The highest BCUT2D eigenvalue weighted by molar-refractivity contribution is 5.93. The maximum atomic E-state index is 4.58. The summed E-state index contributed by atoms with van der Waals surface area (Å²) in [6.45, 7) is 11.9. The number of hydrogen-bond acceptors (Lipinski definition) is 6. The standard InChI is InChI=1S/C14H26N6.2ClH/c1-13(2,11-15-7-9-19(11)5)17-18-14(3,4)12-16-8-10-20(12)6;;/h7-10H2,1-6H3;2*1H. The van der Waals surface area contributed by atoms with Crippen LogP contribution in [0.1, 0.15) is 27.7 Å². The molecule has 0 spiro atoms. The average Bonchev–Trinajstić information content (AvgIpc) is 2.96. The van der Waals surface area contributed by atoms with Crippen molar-refractivity contribution >= 4 is 36.5 Å². The van der Waals surface area contributed by atoms with E-state index in [0.717, 1.165) is 37.9 Å². The van der Waals surface area contributed by atoms with E-state index in [0.29, 0.717) is 0 Å². The Hall–Kier alpha value is -0.880. The first-order valence-electron chi connectivity index (χ1n) is 7.20. The zero-order chi connectivity index (χ0) is 15.0. The van der Waals surface area contributed by atoms with Gasteiger partial charge in [-0.15, -0.1) is 24.8 Å². The van der Waals surface area contributed by atoms with Gasteiger partial charge in [-0.25, -0.2) is 0 Å². The molecule has 0 saturated carbocycles. The van der Waals surface area contributed by atoms with Gasteiger partial charge in [-0.1, -0.05) is 0 Å². The van der Waals surface area contributed by atoms with Gasteiger partial charge in [-0.3, -0.25) is 9.98 Å². The summed E-state index contributed by atoms with van der Waals surface area (Å²) in [5, 5.41) is 9.17. The van der Waals surface area contributed by atoms with Crippen molar-refractivity contribution in [3.05, 3.63) is 0 Å². The van der Waals surface area contributed by atoms with Crippen molar-refractivity contribution in [1.29, 1.82) is 0 Å². The topological polar surface area (TPSA) is 55.9 Å². The van der Waals surface area contributed by atoms with Crippen LogP contribution in [0.25, 0.3) is 0 Å². The fourth-order valence-corrected chi connectivity index (χ4v) is 2.73. The fraction of sp³-hybridized carbons (Fsp3) is 0.857. The lowest BCUT2D eigenvalue weighted by Crippen LogP contribution is -2.42. The third kappa shape index (κ3) is 4.32. The molecule has 0 atom stereocenters. The fourth-order valence-electron chi connectivity index (χ4n) is 2.73. The molecule has 128 valence electrons. The molecule has 0 radical (unpaired) electrons. The molecule has 2 heterocycles. The smallest absolute Gasteiger partial charge is 0.133 e. The highest BCUT2D eigenvalue weighted by Gasteiger charge is 2.34. The number of rotatable bonds is 4. The number of halogens is 2. The molecule has 8 heteroatoms. The first kappa shape index (κ1) is 21.1. The Labute approximate surface area is 146 Å². The first-order valence-corrected chi connectivity index (χ1v) is 7.20. The highest BCUT2D eigenvalue weighted by atomic mass is 35.5. The Bertz CT molecular complexity index is 428. The van der Waals surface area contributed by atoms with Gasteiger partial charge < -0.3 is 9.80 Å². The van der Waals surface area contributed by atoms with E-state index in [9.17, 15) is 0 Å². The van der Waals surface area contributed by atoms with Crippen LogP contribution < -0.4 is 0 Å². The molecule has 2 aliphatic rings. The Morgan fingerprint density at radius 2 is 1.09 bits per heavy atom. The Balaban J connectivity index is 0.00000220. The second-order valence-corrected chi connectivity index (χ2v) is 6.57. The molecule has 0 fully saturated rings. The highest BCUT2D eigenvalue weighted by Crippen LogP contribution is 2.23. The van der Waals surface area contributed by atoms with Crippen molar-refractivity contribution in [2.24, 2.45) is 20.2 Å². The van der Waals surface area contributed by atoms with Gasteiger partial charge in [0.15, 0.2) is 0 Å². The second-order valence-electron chi connectivity index (χ2n) is 6.57. The van der Waals surface area contributed by atoms with Crippen molar-refractivity contribution in [1.82, 2.24) is 9.80 Å². The molecule has 2 aliphatic heterocycles. The maximum Gasteiger partial charge on any atom is 0.133 e. The van der Waals surface area contributed by atoms with E-state index >= 15 is 0 Å². The third-order valence-corrected chi connectivity index (χ3v) is 3.76. The molecule has 22 heavy (non-hydrogen) atoms. The normalized spacial score (nSPS) is 19.0. The van der Waals surface area contributed by atoms with E-state index in [1.807, 2.05) is 0 Å². The molecule has 0 aromatic carbocycles. The minimum absolute atomic E-state index is 0. The Morgan fingerprint density at radius 3 is 1.32 bits per heavy atom. The predicted octanol–water partition coefficient (Wildman–Crippen LogP) is 2.53. The van der Waals surface area contributed by atoms with Gasteiger partial charge in [0.05, 0.1) is 13.1 Å². The van der Waals surface area contributed by atoms with Crippen molar-refractivity contribution < 1.29 is 0 Å². The molecule has 0 unspecified atom stereocenters. The average molecular weight is 351 g/mol. The van der Waals surface area contributed by atoms with Crippen LogP contribution in [0.2, 0.25) is 0 Å². The molecule has 2 rings (SSSR count). The summed E-state index contributed by atoms with van der Waals surface area (Å²) < 4.78 is 0. The molecule has 0 aromatic rings. The molecular formula is C14H28Cl2N6. The summed E-state index contributed by atoms with van der Waals surface area (Å²) >= 11 is 0. The molecular weight excluding hydrogens is 323 g/mol. The summed E-state index contributed by atoms with van der Waals surface area (Å²) in [7, 11) is 4.12. The third-order valence-electron chi connectivity index (χ3n) is 3.76. The Morgan fingerprint density at radius 1 is 0.773 bits per heavy atom. The lowest BCUT2D eigenvalue weighted by atomic mass is 10.0. The van der Waals surface area contributed by atoms with Crippen molar-refractivity contribution in [2.75, 3.05) is 40.3 Å². The molecule has 0 bridgehead atoms. The van der Waals surface area contributed by atoms with E-state index in [2.05, 4.69) is 71.8 Å². The summed E-state index contributed by atoms with van der Waals surface area (Å²) in [6, 6.07) is 0. The number of aliphatic imine (C=N–C) groups is 2. The molecule has 0 aromatic heterocycles.